The molecule has 3 rings (SSSR count). The van der Waals surface area contributed by atoms with Crippen molar-refractivity contribution in [3.8, 4) is 0 Å². The van der Waals surface area contributed by atoms with Gasteiger partial charge in [0, 0.05) is 29.1 Å². The van der Waals surface area contributed by atoms with Crippen molar-refractivity contribution in [3.63, 3.8) is 0 Å². The molecule has 3 aromatic rings. The van der Waals surface area contributed by atoms with Crippen LogP contribution in [0, 0.1) is 0 Å². The van der Waals surface area contributed by atoms with E-state index in [1.807, 2.05) is 29.6 Å². The number of fused-ring (bicyclic) bond motifs is 1. The molecule has 0 spiro atoms. The molecule has 0 unspecified atom stereocenters. The number of nitrogens with one attached hydrogen (secondary N) is 1. The molecule has 2 heterocycles. The third-order valence-corrected chi connectivity index (χ3v) is 4.52. The zero-order valence-electron chi connectivity index (χ0n) is 12.8. The van der Waals surface area contributed by atoms with Crippen LogP contribution >= 0.6 is 11.3 Å². The number of H-pyrrole nitrogens is 1. The number of para-hydroxylation sites is 1. The van der Waals surface area contributed by atoms with Crippen LogP contribution in [0.15, 0.2) is 48.0 Å². The van der Waals surface area contributed by atoms with Gasteiger partial charge < -0.3 is 9.72 Å². The Balaban J connectivity index is 1.51. The Kier molecular flexibility index (Phi) is 4.86. The molecule has 6 heteroatoms. The van der Waals surface area contributed by atoms with Gasteiger partial charge in [-0.2, -0.15) is 0 Å². The van der Waals surface area contributed by atoms with Gasteiger partial charge in [0.2, 0.25) is 5.78 Å². The standard InChI is InChI=1S/C18H15NO4S/c20-15(17-6-3-9-24-17)7-8-18(22)23-11-16(21)13-10-19-14-5-2-1-4-12(13)14/h1-6,9-10,19H,7-8,11H2. The van der Waals surface area contributed by atoms with Crippen LogP contribution in [0.25, 0.3) is 10.9 Å². The first-order valence-corrected chi connectivity index (χ1v) is 8.35. The van der Waals surface area contributed by atoms with Crippen LogP contribution in [-0.4, -0.2) is 29.1 Å². The Bertz CT molecular complexity index is 879. The van der Waals surface area contributed by atoms with Gasteiger partial charge in [0.05, 0.1) is 11.3 Å². The summed E-state index contributed by atoms with van der Waals surface area (Å²) in [4.78, 5) is 39.4. The number of ether oxygens (including phenoxy) is 1. The average molecular weight is 341 g/mol. The van der Waals surface area contributed by atoms with Crippen molar-refractivity contribution in [1.82, 2.24) is 4.98 Å². The van der Waals surface area contributed by atoms with Gasteiger partial charge in [-0.3, -0.25) is 14.4 Å². The minimum atomic E-state index is -0.548. The van der Waals surface area contributed by atoms with Crippen LogP contribution < -0.4 is 0 Å². The summed E-state index contributed by atoms with van der Waals surface area (Å²) in [6.07, 6.45) is 1.67. The zero-order valence-corrected chi connectivity index (χ0v) is 13.6. The second-order valence-electron chi connectivity index (χ2n) is 5.23. The number of aromatic nitrogens is 1. The van der Waals surface area contributed by atoms with E-state index in [2.05, 4.69) is 4.98 Å². The first-order valence-electron chi connectivity index (χ1n) is 7.47. The maximum Gasteiger partial charge on any atom is 0.306 e. The Labute approximate surface area is 142 Å². The van der Waals surface area contributed by atoms with E-state index >= 15 is 0 Å². The van der Waals surface area contributed by atoms with E-state index in [4.69, 9.17) is 4.74 Å². The second-order valence-corrected chi connectivity index (χ2v) is 6.18. The van der Waals surface area contributed by atoms with Crippen molar-refractivity contribution in [2.24, 2.45) is 0 Å². The molecule has 1 aromatic carbocycles. The molecule has 0 aliphatic heterocycles. The summed E-state index contributed by atoms with van der Waals surface area (Å²) in [6, 6.07) is 10.9. The number of esters is 1. The molecular formula is C18H15NO4S. The lowest BCUT2D eigenvalue weighted by atomic mass is 10.1. The molecule has 0 atom stereocenters. The van der Waals surface area contributed by atoms with Gasteiger partial charge in [0.15, 0.2) is 12.4 Å². The smallest absolute Gasteiger partial charge is 0.306 e. The average Bonchev–Trinajstić information content (AvgIpc) is 3.26. The highest BCUT2D eigenvalue weighted by atomic mass is 32.1. The number of ketones is 2. The fourth-order valence-electron chi connectivity index (χ4n) is 2.37. The lowest BCUT2D eigenvalue weighted by Crippen LogP contribution is -2.14. The number of hydrogen-bond acceptors (Lipinski definition) is 5. The Hall–Kier alpha value is -2.73. The number of rotatable bonds is 7. The summed E-state index contributed by atoms with van der Waals surface area (Å²) in [5.41, 5.74) is 1.35. The Morgan fingerprint density at radius 3 is 2.62 bits per heavy atom. The van der Waals surface area contributed by atoms with E-state index in [0.29, 0.717) is 10.4 Å². The first-order chi connectivity index (χ1) is 11.6. The molecule has 0 aliphatic rings. The van der Waals surface area contributed by atoms with Crippen molar-refractivity contribution in [1.29, 1.82) is 0 Å². The van der Waals surface area contributed by atoms with Gasteiger partial charge in [-0.15, -0.1) is 11.3 Å². The van der Waals surface area contributed by atoms with Crippen LogP contribution in [0.3, 0.4) is 0 Å². The minimum absolute atomic E-state index is 0.0299. The molecule has 0 saturated carbocycles. The number of benzene rings is 1. The van der Waals surface area contributed by atoms with Gasteiger partial charge in [-0.1, -0.05) is 24.3 Å². The lowest BCUT2D eigenvalue weighted by Gasteiger charge is -2.03. The summed E-state index contributed by atoms with van der Waals surface area (Å²) >= 11 is 1.34. The molecule has 0 bridgehead atoms. The molecule has 0 radical (unpaired) electrons. The van der Waals surface area contributed by atoms with E-state index in [0.717, 1.165) is 10.9 Å². The summed E-state index contributed by atoms with van der Waals surface area (Å²) < 4.78 is 4.99. The summed E-state index contributed by atoms with van der Waals surface area (Å²) in [6.45, 7) is -0.326. The maximum atomic E-state index is 12.2. The molecule has 24 heavy (non-hydrogen) atoms. The second kappa shape index (κ2) is 7.23. The van der Waals surface area contributed by atoms with Gasteiger partial charge in [-0.25, -0.2) is 0 Å². The van der Waals surface area contributed by atoms with Gasteiger partial charge in [0.1, 0.15) is 0 Å². The first kappa shape index (κ1) is 16.1. The maximum absolute atomic E-state index is 12.2. The highest BCUT2D eigenvalue weighted by Crippen LogP contribution is 2.18. The molecule has 0 saturated heterocycles. The summed E-state index contributed by atoms with van der Waals surface area (Å²) in [7, 11) is 0. The van der Waals surface area contributed by atoms with Gasteiger partial charge in [-0.05, 0) is 17.5 Å². The Morgan fingerprint density at radius 2 is 1.83 bits per heavy atom. The number of aromatic amines is 1. The largest absolute Gasteiger partial charge is 0.457 e. The SMILES string of the molecule is O=C(CCC(=O)c1cccs1)OCC(=O)c1c[nH]c2ccccc12. The number of carbonyl (C=O) groups is 3. The van der Waals surface area contributed by atoms with Crippen molar-refractivity contribution < 1.29 is 19.1 Å². The molecule has 2 aromatic heterocycles. The monoisotopic (exact) mass is 341 g/mol. The fourth-order valence-corrected chi connectivity index (χ4v) is 3.07. The van der Waals surface area contributed by atoms with Crippen molar-refractivity contribution >= 4 is 39.8 Å². The predicted molar refractivity (Wildman–Crippen MR) is 91.5 cm³/mol. The molecule has 1 N–H and O–H groups in total. The van der Waals surface area contributed by atoms with Crippen molar-refractivity contribution in [2.75, 3.05) is 6.61 Å². The van der Waals surface area contributed by atoms with Crippen molar-refractivity contribution in [3.05, 3.63) is 58.4 Å². The number of Topliss-reactive ketones (excluding diaryl/α,β-unsaturated/α-hetero) is 2. The van der Waals surface area contributed by atoms with E-state index < -0.39 is 5.97 Å². The zero-order chi connectivity index (χ0) is 16.9. The lowest BCUT2D eigenvalue weighted by molar-refractivity contribution is -0.142. The van der Waals surface area contributed by atoms with Crippen LogP contribution in [-0.2, 0) is 9.53 Å². The van der Waals surface area contributed by atoms with E-state index in [-0.39, 0.29) is 31.0 Å². The van der Waals surface area contributed by atoms with Gasteiger partial charge in [0.25, 0.3) is 0 Å². The van der Waals surface area contributed by atoms with Gasteiger partial charge >= 0.3 is 5.97 Å². The molecule has 0 aliphatic carbocycles. The van der Waals surface area contributed by atoms with Crippen LogP contribution in [0.5, 0.6) is 0 Å². The minimum Gasteiger partial charge on any atom is -0.457 e. The van der Waals surface area contributed by atoms with Crippen LogP contribution in [0.4, 0.5) is 0 Å². The Morgan fingerprint density at radius 1 is 1.00 bits per heavy atom. The third kappa shape index (κ3) is 3.60. The number of thiophene rings is 1. The fraction of sp³-hybridized carbons (Fsp3) is 0.167. The summed E-state index contributed by atoms with van der Waals surface area (Å²) in [5, 5.41) is 2.61. The van der Waals surface area contributed by atoms with Crippen LogP contribution in [0.1, 0.15) is 32.9 Å². The highest BCUT2D eigenvalue weighted by Gasteiger charge is 2.15. The number of carbonyl (C=O) groups excluding carboxylic acids is 3. The van der Waals surface area contributed by atoms with E-state index in [1.54, 1.807) is 18.3 Å². The third-order valence-electron chi connectivity index (χ3n) is 3.61. The van der Waals surface area contributed by atoms with Crippen molar-refractivity contribution in [2.45, 2.75) is 12.8 Å². The predicted octanol–water partition coefficient (Wildman–Crippen LogP) is 3.62. The molecule has 5 nitrogen and oxygen atoms in total. The highest BCUT2D eigenvalue weighted by molar-refractivity contribution is 7.12. The molecule has 0 fully saturated rings. The molecular weight excluding hydrogens is 326 g/mol. The van der Waals surface area contributed by atoms with Crippen LogP contribution in [0.2, 0.25) is 0 Å². The van der Waals surface area contributed by atoms with E-state index in [1.165, 1.54) is 11.3 Å². The topological polar surface area (TPSA) is 76.2 Å². The molecule has 122 valence electrons. The number of hydrogen-bond donors (Lipinski definition) is 1. The quantitative estimate of drug-likeness (QED) is 0.526. The molecule has 0 amide bonds. The van der Waals surface area contributed by atoms with E-state index in [9.17, 15) is 14.4 Å². The normalized spacial score (nSPS) is 10.7. The summed E-state index contributed by atoms with van der Waals surface area (Å²) in [5.74, 6) is -0.914.